The summed E-state index contributed by atoms with van der Waals surface area (Å²) < 4.78 is 0. The van der Waals surface area contributed by atoms with Crippen molar-refractivity contribution in [3.8, 4) is 0 Å². The van der Waals surface area contributed by atoms with Crippen LogP contribution in [0.1, 0.15) is 44.7 Å². The summed E-state index contributed by atoms with van der Waals surface area (Å²) in [4.78, 5) is 0. The van der Waals surface area contributed by atoms with Crippen molar-refractivity contribution < 1.29 is 0 Å². The van der Waals surface area contributed by atoms with Gasteiger partial charge < -0.3 is 5.32 Å². The summed E-state index contributed by atoms with van der Waals surface area (Å²) in [6, 6.07) is 16.0. The number of hydrogen-bond donors (Lipinski definition) is 1. The normalized spacial score (nSPS) is 24.1. The molecule has 0 amide bonds. The second-order valence-corrected chi connectivity index (χ2v) is 6.28. The van der Waals surface area contributed by atoms with E-state index in [1.807, 2.05) is 0 Å². The molecule has 0 spiro atoms. The number of nitrogens with one attached hydrogen (secondary N) is 1. The van der Waals surface area contributed by atoms with E-state index in [0.717, 1.165) is 18.4 Å². The quantitative estimate of drug-likeness (QED) is 0.828. The van der Waals surface area contributed by atoms with E-state index in [1.165, 1.54) is 35.6 Å². The van der Waals surface area contributed by atoms with Crippen LogP contribution in [-0.2, 0) is 0 Å². The highest BCUT2D eigenvalue weighted by Crippen LogP contribution is 2.40. The molecule has 1 nitrogen and oxygen atoms in total. The SMILES string of the molecule is CCNC(c1cccc2ccccc12)C1CCC(C)C1. The van der Waals surface area contributed by atoms with Gasteiger partial charge in [-0.25, -0.2) is 0 Å². The molecule has 2 aromatic carbocycles. The van der Waals surface area contributed by atoms with Crippen LogP contribution in [0, 0.1) is 11.8 Å². The molecule has 0 saturated heterocycles. The summed E-state index contributed by atoms with van der Waals surface area (Å²) in [7, 11) is 0. The maximum Gasteiger partial charge on any atom is 0.0354 e. The third-order valence-electron chi connectivity index (χ3n) is 4.79. The molecule has 0 bridgehead atoms. The minimum atomic E-state index is 0.510. The van der Waals surface area contributed by atoms with Gasteiger partial charge in [0.15, 0.2) is 0 Å². The summed E-state index contributed by atoms with van der Waals surface area (Å²) in [5.41, 5.74) is 1.49. The minimum absolute atomic E-state index is 0.510. The third-order valence-corrected chi connectivity index (χ3v) is 4.79. The first-order valence-electron chi connectivity index (χ1n) is 8.00. The molecule has 0 aromatic heterocycles. The lowest BCUT2D eigenvalue weighted by Crippen LogP contribution is -2.27. The van der Waals surface area contributed by atoms with Crippen molar-refractivity contribution in [2.24, 2.45) is 11.8 Å². The predicted octanol–water partition coefficient (Wildman–Crippen LogP) is 4.93. The van der Waals surface area contributed by atoms with Gasteiger partial charge in [-0.1, -0.05) is 62.7 Å². The first-order chi connectivity index (χ1) is 9.79. The lowest BCUT2D eigenvalue weighted by molar-refractivity contribution is 0.367. The molecular formula is C19H25N. The molecule has 0 radical (unpaired) electrons. The largest absolute Gasteiger partial charge is 0.310 e. The molecule has 1 aliphatic rings. The summed E-state index contributed by atoms with van der Waals surface area (Å²) in [5, 5.41) is 6.53. The van der Waals surface area contributed by atoms with Crippen molar-refractivity contribution >= 4 is 10.8 Å². The lowest BCUT2D eigenvalue weighted by atomic mass is 9.88. The van der Waals surface area contributed by atoms with Crippen LogP contribution in [-0.4, -0.2) is 6.54 Å². The van der Waals surface area contributed by atoms with E-state index in [-0.39, 0.29) is 0 Å². The Morgan fingerprint density at radius 1 is 1.10 bits per heavy atom. The summed E-state index contributed by atoms with van der Waals surface area (Å²) >= 11 is 0. The summed E-state index contributed by atoms with van der Waals surface area (Å²) in [5.74, 6) is 1.67. The van der Waals surface area contributed by atoms with Crippen LogP contribution in [0.3, 0.4) is 0 Å². The Morgan fingerprint density at radius 2 is 1.90 bits per heavy atom. The predicted molar refractivity (Wildman–Crippen MR) is 86.9 cm³/mol. The van der Waals surface area contributed by atoms with E-state index in [1.54, 1.807) is 0 Å². The zero-order valence-corrected chi connectivity index (χ0v) is 12.6. The maximum absolute atomic E-state index is 3.75. The molecule has 0 heterocycles. The Hall–Kier alpha value is -1.34. The molecule has 1 N–H and O–H groups in total. The van der Waals surface area contributed by atoms with Crippen LogP contribution >= 0.6 is 0 Å². The Bertz CT molecular complexity index is 569. The van der Waals surface area contributed by atoms with Crippen molar-refractivity contribution in [1.29, 1.82) is 0 Å². The number of hydrogen-bond acceptors (Lipinski definition) is 1. The topological polar surface area (TPSA) is 12.0 Å². The van der Waals surface area contributed by atoms with Gasteiger partial charge in [0, 0.05) is 6.04 Å². The molecule has 3 unspecified atom stereocenters. The van der Waals surface area contributed by atoms with Gasteiger partial charge in [0.1, 0.15) is 0 Å². The van der Waals surface area contributed by atoms with Gasteiger partial charge in [0.2, 0.25) is 0 Å². The Labute approximate surface area is 122 Å². The van der Waals surface area contributed by atoms with Crippen LogP contribution in [0.2, 0.25) is 0 Å². The number of rotatable bonds is 4. The Kier molecular flexibility index (Phi) is 4.07. The second-order valence-electron chi connectivity index (χ2n) is 6.28. The molecule has 0 aliphatic heterocycles. The molecule has 106 valence electrons. The fourth-order valence-electron chi connectivity index (χ4n) is 3.83. The molecular weight excluding hydrogens is 242 g/mol. The molecule has 1 saturated carbocycles. The van der Waals surface area contributed by atoms with Gasteiger partial charge in [-0.3, -0.25) is 0 Å². The van der Waals surface area contributed by atoms with Crippen molar-refractivity contribution in [1.82, 2.24) is 5.32 Å². The Balaban J connectivity index is 2.01. The van der Waals surface area contributed by atoms with E-state index in [4.69, 9.17) is 0 Å². The fraction of sp³-hybridized carbons (Fsp3) is 0.474. The molecule has 3 atom stereocenters. The smallest absolute Gasteiger partial charge is 0.0354 e. The first-order valence-corrected chi connectivity index (χ1v) is 8.00. The molecule has 1 fully saturated rings. The first kappa shape index (κ1) is 13.6. The molecule has 3 rings (SSSR count). The Morgan fingerprint density at radius 3 is 2.65 bits per heavy atom. The monoisotopic (exact) mass is 267 g/mol. The van der Waals surface area contributed by atoms with Gasteiger partial charge in [-0.15, -0.1) is 0 Å². The van der Waals surface area contributed by atoms with Crippen LogP contribution in [0.25, 0.3) is 10.8 Å². The zero-order valence-electron chi connectivity index (χ0n) is 12.6. The van der Waals surface area contributed by atoms with Crippen LogP contribution in [0.4, 0.5) is 0 Å². The highest BCUT2D eigenvalue weighted by Gasteiger charge is 2.29. The fourth-order valence-corrected chi connectivity index (χ4v) is 3.83. The van der Waals surface area contributed by atoms with Crippen LogP contribution in [0.15, 0.2) is 42.5 Å². The van der Waals surface area contributed by atoms with Crippen LogP contribution < -0.4 is 5.32 Å². The highest BCUT2D eigenvalue weighted by molar-refractivity contribution is 5.86. The van der Waals surface area contributed by atoms with E-state index in [2.05, 4.69) is 61.6 Å². The highest BCUT2D eigenvalue weighted by atomic mass is 14.9. The van der Waals surface area contributed by atoms with E-state index < -0.39 is 0 Å². The van der Waals surface area contributed by atoms with E-state index in [0.29, 0.717) is 6.04 Å². The lowest BCUT2D eigenvalue weighted by Gasteiger charge is -2.26. The third kappa shape index (κ3) is 2.60. The zero-order chi connectivity index (χ0) is 13.9. The standard InChI is InChI=1S/C19H25N/c1-3-20-19(16-12-11-14(2)13-16)18-10-6-8-15-7-4-5-9-17(15)18/h4-10,14,16,19-20H,3,11-13H2,1-2H3. The molecule has 2 aromatic rings. The van der Waals surface area contributed by atoms with E-state index >= 15 is 0 Å². The van der Waals surface area contributed by atoms with Crippen molar-refractivity contribution in [2.75, 3.05) is 6.54 Å². The van der Waals surface area contributed by atoms with Crippen molar-refractivity contribution in [3.63, 3.8) is 0 Å². The van der Waals surface area contributed by atoms with Gasteiger partial charge in [0.25, 0.3) is 0 Å². The summed E-state index contributed by atoms with van der Waals surface area (Å²) in [6.45, 7) is 5.65. The maximum atomic E-state index is 3.75. The van der Waals surface area contributed by atoms with Gasteiger partial charge in [-0.05, 0) is 47.6 Å². The summed E-state index contributed by atoms with van der Waals surface area (Å²) in [6.07, 6.45) is 4.11. The average molecular weight is 267 g/mol. The van der Waals surface area contributed by atoms with Gasteiger partial charge in [-0.2, -0.15) is 0 Å². The molecule has 1 heteroatoms. The number of fused-ring (bicyclic) bond motifs is 1. The van der Waals surface area contributed by atoms with Crippen LogP contribution in [0.5, 0.6) is 0 Å². The molecule has 20 heavy (non-hydrogen) atoms. The molecule has 1 aliphatic carbocycles. The second kappa shape index (κ2) is 5.97. The van der Waals surface area contributed by atoms with Gasteiger partial charge in [0.05, 0.1) is 0 Å². The van der Waals surface area contributed by atoms with Gasteiger partial charge >= 0.3 is 0 Å². The van der Waals surface area contributed by atoms with Crippen molar-refractivity contribution in [2.45, 2.75) is 39.2 Å². The van der Waals surface area contributed by atoms with E-state index in [9.17, 15) is 0 Å². The number of benzene rings is 2. The average Bonchev–Trinajstić information content (AvgIpc) is 2.91. The van der Waals surface area contributed by atoms with Crippen molar-refractivity contribution in [3.05, 3.63) is 48.0 Å². The minimum Gasteiger partial charge on any atom is -0.310 e.